The Morgan fingerprint density at radius 3 is 2.66 bits per heavy atom. The van der Waals surface area contributed by atoms with Gasteiger partial charge in [-0.25, -0.2) is 4.79 Å². The first-order chi connectivity index (χ1) is 15.2. The van der Waals surface area contributed by atoms with Crippen LogP contribution in [-0.2, 0) is 25.6 Å². The summed E-state index contributed by atoms with van der Waals surface area (Å²) >= 11 is 0. The van der Waals surface area contributed by atoms with Crippen LogP contribution in [-0.4, -0.2) is 36.8 Å². The summed E-state index contributed by atoms with van der Waals surface area (Å²) in [5, 5.41) is 9.27. The molecule has 0 spiro atoms. The number of nitrogens with zero attached hydrogens (tertiary/aromatic N) is 1. The second kappa shape index (κ2) is 8.60. The van der Waals surface area contributed by atoms with E-state index < -0.39 is 17.7 Å². The van der Waals surface area contributed by atoms with Crippen LogP contribution in [0.2, 0.25) is 0 Å². The third-order valence-electron chi connectivity index (χ3n) is 7.74. The maximum Gasteiger partial charge on any atom is 0.337 e. The van der Waals surface area contributed by atoms with Gasteiger partial charge in [-0.15, -0.1) is 10.1 Å². The highest BCUT2D eigenvalue weighted by molar-refractivity contribution is 5.74. The molecule has 0 aliphatic heterocycles. The van der Waals surface area contributed by atoms with E-state index in [-0.39, 0.29) is 23.2 Å². The third-order valence-corrected chi connectivity index (χ3v) is 7.74. The summed E-state index contributed by atoms with van der Waals surface area (Å²) in [6, 6.07) is 3.77. The fourth-order valence-corrected chi connectivity index (χ4v) is 6.42. The summed E-state index contributed by atoms with van der Waals surface area (Å²) < 4.78 is 16.5. The van der Waals surface area contributed by atoms with Gasteiger partial charge in [0.25, 0.3) is 5.09 Å². The summed E-state index contributed by atoms with van der Waals surface area (Å²) in [4.78, 5) is 37.9. The molecule has 3 aliphatic rings. The van der Waals surface area contributed by atoms with Gasteiger partial charge in [-0.1, -0.05) is 6.92 Å². The second-order valence-electron chi connectivity index (χ2n) is 9.31. The molecule has 0 heterocycles. The van der Waals surface area contributed by atoms with Crippen LogP contribution in [0.1, 0.15) is 63.0 Å². The van der Waals surface area contributed by atoms with Crippen molar-refractivity contribution in [1.29, 1.82) is 0 Å². The van der Waals surface area contributed by atoms with Gasteiger partial charge in [0, 0.05) is 12.3 Å². The van der Waals surface area contributed by atoms with Crippen molar-refractivity contribution in [3.05, 3.63) is 33.4 Å². The van der Waals surface area contributed by atoms with Crippen LogP contribution in [0.15, 0.2) is 12.1 Å². The Balaban J connectivity index is 1.56. The van der Waals surface area contributed by atoms with Gasteiger partial charge in [0.2, 0.25) is 0 Å². The molecule has 3 aliphatic carbocycles. The van der Waals surface area contributed by atoms with Crippen molar-refractivity contribution < 1.29 is 33.7 Å². The number of carbonyl (C=O) groups excluding carboxylic acids is 2. The highest BCUT2D eigenvalue weighted by atomic mass is 17.0. The van der Waals surface area contributed by atoms with E-state index in [0.29, 0.717) is 23.5 Å². The lowest BCUT2D eigenvalue weighted by Gasteiger charge is -2.50. The summed E-state index contributed by atoms with van der Waals surface area (Å²) in [5.41, 5.74) is 2.35. The van der Waals surface area contributed by atoms with Crippen LogP contribution in [0.25, 0.3) is 0 Å². The molecule has 2 saturated carbocycles. The summed E-state index contributed by atoms with van der Waals surface area (Å²) in [6.07, 6.45) is 5.84. The molecule has 32 heavy (non-hydrogen) atoms. The van der Waals surface area contributed by atoms with Crippen LogP contribution >= 0.6 is 0 Å². The van der Waals surface area contributed by atoms with Crippen LogP contribution in [0.4, 0.5) is 0 Å². The summed E-state index contributed by atoms with van der Waals surface area (Å²) in [7, 11) is 1.51. The zero-order valence-corrected chi connectivity index (χ0v) is 18.6. The van der Waals surface area contributed by atoms with E-state index in [1.807, 2.05) is 12.1 Å². The fourth-order valence-electron chi connectivity index (χ4n) is 6.42. The Labute approximate surface area is 186 Å². The van der Waals surface area contributed by atoms with Crippen molar-refractivity contribution in [2.45, 2.75) is 64.4 Å². The largest absolute Gasteiger partial charge is 0.493 e. The lowest BCUT2D eigenvalue weighted by molar-refractivity contribution is -0.754. The van der Waals surface area contributed by atoms with E-state index in [1.165, 1.54) is 19.6 Å². The lowest BCUT2D eigenvalue weighted by Crippen LogP contribution is -2.45. The standard InChI is InChI=1S/C23H29NO8/c1-13(25)31-21-7-6-18-16-5-4-14-10-20(32-22(26)12-30-24(27)28)19(29-3)11-17(14)15(16)8-9-23(18,21)2/h10-11,15-16,18,21H,4-9,12H2,1-3H3/t15?,16-,18+,21+,23+/m1/s1. The number of ether oxygens (including phenoxy) is 3. The van der Waals surface area contributed by atoms with Crippen LogP contribution in [0, 0.1) is 27.4 Å². The summed E-state index contributed by atoms with van der Waals surface area (Å²) in [6.45, 7) is 2.99. The van der Waals surface area contributed by atoms with E-state index in [0.717, 1.165) is 44.1 Å². The molecule has 1 aromatic carbocycles. The summed E-state index contributed by atoms with van der Waals surface area (Å²) in [5.74, 6) is 1.00. The normalized spacial score (nSPS) is 30.3. The average molecular weight is 447 g/mol. The SMILES string of the molecule is COc1cc2c(cc1OC(=O)CO[N+](=O)[O-])CC[C@@H]1C2CC[C@]2(C)[C@@H](OC(C)=O)CC[C@@H]12. The molecule has 5 atom stereocenters. The number of esters is 2. The molecule has 2 fully saturated rings. The number of methoxy groups -OCH3 is 1. The average Bonchev–Trinajstić information content (AvgIpc) is 3.07. The van der Waals surface area contributed by atoms with Gasteiger partial charge < -0.3 is 19.0 Å². The number of fused-ring (bicyclic) bond motifs is 5. The van der Waals surface area contributed by atoms with Crippen LogP contribution < -0.4 is 9.47 Å². The molecule has 174 valence electrons. The zero-order valence-electron chi connectivity index (χ0n) is 18.6. The van der Waals surface area contributed by atoms with Gasteiger partial charge in [0.1, 0.15) is 6.10 Å². The van der Waals surface area contributed by atoms with Crippen molar-refractivity contribution in [2.24, 2.45) is 17.3 Å². The lowest BCUT2D eigenvalue weighted by atomic mass is 9.55. The molecule has 1 aromatic rings. The molecule has 1 unspecified atom stereocenters. The molecule has 0 radical (unpaired) electrons. The number of hydrogen-bond acceptors (Lipinski definition) is 8. The minimum atomic E-state index is -1.03. The Kier molecular flexibility index (Phi) is 6.01. The maximum absolute atomic E-state index is 11.9. The predicted molar refractivity (Wildman–Crippen MR) is 112 cm³/mol. The van der Waals surface area contributed by atoms with Crippen molar-refractivity contribution in [3.8, 4) is 11.5 Å². The van der Waals surface area contributed by atoms with Gasteiger partial charge in [-0.2, -0.15) is 0 Å². The Hall–Kier alpha value is -2.84. The molecule has 0 amide bonds. The highest BCUT2D eigenvalue weighted by Crippen LogP contribution is 2.62. The van der Waals surface area contributed by atoms with E-state index in [4.69, 9.17) is 14.2 Å². The molecular weight excluding hydrogens is 418 g/mol. The van der Waals surface area contributed by atoms with Crippen LogP contribution in [0.5, 0.6) is 11.5 Å². The minimum Gasteiger partial charge on any atom is -0.493 e. The topological polar surface area (TPSA) is 114 Å². The zero-order chi connectivity index (χ0) is 23.0. The van der Waals surface area contributed by atoms with Crippen molar-refractivity contribution >= 4 is 11.9 Å². The quantitative estimate of drug-likeness (QED) is 0.281. The number of carbonyl (C=O) groups is 2. The predicted octanol–water partition coefficient (Wildman–Crippen LogP) is 3.60. The number of rotatable bonds is 6. The van der Waals surface area contributed by atoms with Gasteiger partial charge >= 0.3 is 11.9 Å². The maximum atomic E-state index is 11.9. The van der Waals surface area contributed by atoms with Gasteiger partial charge in [-0.05, 0) is 79.5 Å². The number of benzene rings is 1. The van der Waals surface area contributed by atoms with Crippen molar-refractivity contribution in [3.63, 3.8) is 0 Å². The third kappa shape index (κ3) is 4.00. The van der Waals surface area contributed by atoms with E-state index in [2.05, 4.69) is 11.8 Å². The molecule has 0 N–H and O–H groups in total. The molecular formula is C23H29NO8. The Morgan fingerprint density at radius 1 is 1.19 bits per heavy atom. The first kappa shape index (κ1) is 22.4. The fraction of sp³-hybridized carbons (Fsp3) is 0.652. The molecule has 0 saturated heterocycles. The first-order valence-corrected chi connectivity index (χ1v) is 11.1. The van der Waals surface area contributed by atoms with E-state index >= 15 is 0 Å². The Bertz CT molecular complexity index is 931. The number of hydrogen-bond donors (Lipinski definition) is 0. The molecule has 9 nitrogen and oxygen atoms in total. The monoisotopic (exact) mass is 447 g/mol. The Morgan fingerprint density at radius 2 is 1.97 bits per heavy atom. The molecule has 4 rings (SSSR count). The van der Waals surface area contributed by atoms with Crippen molar-refractivity contribution in [2.75, 3.05) is 13.7 Å². The first-order valence-electron chi connectivity index (χ1n) is 11.1. The van der Waals surface area contributed by atoms with E-state index in [9.17, 15) is 19.7 Å². The van der Waals surface area contributed by atoms with Crippen LogP contribution in [0.3, 0.4) is 0 Å². The van der Waals surface area contributed by atoms with E-state index in [1.54, 1.807) is 0 Å². The van der Waals surface area contributed by atoms with Gasteiger partial charge in [0.15, 0.2) is 18.1 Å². The molecule has 0 bridgehead atoms. The minimum absolute atomic E-state index is 0.00921. The number of aryl methyl sites for hydroxylation is 1. The van der Waals surface area contributed by atoms with Gasteiger partial charge in [-0.3, -0.25) is 4.79 Å². The second-order valence-corrected chi connectivity index (χ2v) is 9.31. The van der Waals surface area contributed by atoms with Gasteiger partial charge in [0.05, 0.1) is 7.11 Å². The highest BCUT2D eigenvalue weighted by Gasteiger charge is 2.56. The van der Waals surface area contributed by atoms with Crippen molar-refractivity contribution in [1.82, 2.24) is 0 Å². The molecule has 9 heteroatoms. The molecule has 0 aromatic heterocycles. The smallest absolute Gasteiger partial charge is 0.337 e.